The Bertz CT molecular complexity index is 456. The predicted octanol–water partition coefficient (Wildman–Crippen LogP) is 1.54. The number of halogens is 2. The monoisotopic (exact) mass is 208 g/mol. The molecule has 0 radical (unpaired) electrons. The van der Waals surface area contributed by atoms with E-state index in [0.29, 0.717) is 0 Å². The number of nitrogen functional groups attached to an aromatic ring is 1. The Morgan fingerprint density at radius 1 is 1.47 bits per heavy atom. The van der Waals surface area contributed by atoms with E-state index in [1.54, 1.807) is 12.1 Å². The van der Waals surface area contributed by atoms with E-state index in [-0.39, 0.29) is 23.2 Å². The maximum atomic E-state index is 12.3. The van der Waals surface area contributed by atoms with Gasteiger partial charge in [-0.15, -0.1) is 0 Å². The van der Waals surface area contributed by atoms with Gasteiger partial charge in [-0.2, -0.15) is 10.5 Å². The van der Waals surface area contributed by atoms with Gasteiger partial charge in [0, 0.05) is 11.8 Å². The first-order valence-corrected chi connectivity index (χ1v) is 3.94. The van der Waals surface area contributed by atoms with Crippen LogP contribution in [-0.4, -0.2) is 4.98 Å². The van der Waals surface area contributed by atoms with E-state index in [1.165, 1.54) is 0 Å². The third-order valence-corrected chi connectivity index (χ3v) is 1.81. The SMILES string of the molecule is N#CCc1cnc(C(F)F)c(N)c1C#N. The van der Waals surface area contributed by atoms with E-state index < -0.39 is 12.1 Å². The molecule has 4 nitrogen and oxygen atoms in total. The van der Waals surface area contributed by atoms with E-state index in [9.17, 15) is 8.78 Å². The highest BCUT2D eigenvalue weighted by Gasteiger charge is 2.18. The molecule has 0 saturated carbocycles. The summed E-state index contributed by atoms with van der Waals surface area (Å²) in [5.41, 5.74) is 4.56. The first-order chi connectivity index (χ1) is 7.11. The molecule has 1 aromatic heterocycles. The molecule has 0 amide bonds. The van der Waals surface area contributed by atoms with Crippen molar-refractivity contribution in [3.05, 3.63) is 23.0 Å². The van der Waals surface area contributed by atoms with Crippen molar-refractivity contribution in [2.75, 3.05) is 5.73 Å². The Morgan fingerprint density at radius 2 is 2.13 bits per heavy atom. The molecule has 0 aliphatic carbocycles. The molecule has 2 N–H and O–H groups in total. The summed E-state index contributed by atoms with van der Waals surface area (Å²) in [5.74, 6) is 0. The Morgan fingerprint density at radius 3 is 2.60 bits per heavy atom. The second kappa shape index (κ2) is 4.34. The summed E-state index contributed by atoms with van der Waals surface area (Å²) in [5, 5.41) is 17.2. The van der Waals surface area contributed by atoms with Gasteiger partial charge in [0.15, 0.2) is 0 Å². The first-order valence-electron chi connectivity index (χ1n) is 3.94. The molecule has 0 atom stereocenters. The van der Waals surface area contributed by atoms with Crippen LogP contribution in [0.25, 0.3) is 0 Å². The number of alkyl halides is 2. The van der Waals surface area contributed by atoms with Crippen molar-refractivity contribution in [1.29, 1.82) is 10.5 Å². The molecule has 0 fully saturated rings. The lowest BCUT2D eigenvalue weighted by atomic mass is 10.1. The Balaban J connectivity index is 3.35. The molecule has 0 unspecified atom stereocenters. The second-order valence-corrected chi connectivity index (χ2v) is 2.70. The van der Waals surface area contributed by atoms with Gasteiger partial charge in [-0.05, 0) is 0 Å². The van der Waals surface area contributed by atoms with Crippen LogP contribution in [0, 0.1) is 22.7 Å². The zero-order valence-electron chi connectivity index (χ0n) is 7.54. The Kier molecular flexibility index (Phi) is 3.14. The highest BCUT2D eigenvalue weighted by Crippen LogP contribution is 2.27. The van der Waals surface area contributed by atoms with Crippen LogP contribution in [0.15, 0.2) is 6.20 Å². The molecular formula is C9H6F2N4. The Labute approximate surface area is 84.6 Å². The number of anilines is 1. The lowest BCUT2D eigenvalue weighted by Gasteiger charge is -2.07. The summed E-state index contributed by atoms with van der Waals surface area (Å²) in [4.78, 5) is 3.43. The molecule has 0 spiro atoms. The number of aromatic nitrogens is 1. The molecule has 6 heteroatoms. The van der Waals surface area contributed by atoms with Gasteiger partial charge in [-0.3, -0.25) is 4.98 Å². The minimum atomic E-state index is -2.83. The molecule has 0 bridgehead atoms. The summed E-state index contributed by atoms with van der Waals surface area (Å²) in [6.07, 6.45) is -1.82. The van der Waals surface area contributed by atoms with Gasteiger partial charge in [-0.1, -0.05) is 0 Å². The summed E-state index contributed by atoms with van der Waals surface area (Å²) >= 11 is 0. The number of nitrogens with zero attached hydrogens (tertiary/aromatic N) is 3. The van der Waals surface area contributed by atoms with Crippen molar-refractivity contribution < 1.29 is 8.78 Å². The van der Waals surface area contributed by atoms with Crippen molar-refractivity contribution in [2.24, 2.45) is 0 Å². The highest BCUT2D eigenvalue weighted by atomic mass is 19.3. The van der Waals surface area contributed by atoms with Gasteiger partial charge < -0.3 is 5.73 Å². The lowest BCUT2D eigenvalue weighted by Crippen LogP contribution is -2.04. The number of pyridine rings is 1. The quantitative estimate of drug-likeness (QED) is 0.798. The average molecular weight is 208 g/mol. The minimum absolute atomic E-state index is 0.0798. The van der Waals surface area contributed by atoms with Crippen molar-refractivity contribution in [3.8, 4) is 12.1 Å². The summed E-state index contributed by atoms with van der Waals surface area (Å²) in [6, 6.07) is 3.49. The maximum Gasteiger partial charge on any atom is 0.282 e. The molecule has 1 aromatic rings. The fourth-order valence-corrected chi connectivity index (χ4v) is 1.11. The van der Waals surface area contributed by atoms with Gasteiger partial charge >= 0.3 is 0 Å². The largest absolute Gasteiger partial charge is 0.396 e. The minimum Gasteiger partial charge on any atom is -0.396 e. The third kappa shape index (κ3) is 2.00. The molecule has 76 valence electrons. The van der Waals surface area contributed by atoms with Gasteiger partial charge in [0.05, 0.1) is 23.7 Å². The topological polar surface area (TPSA) is 86.5 Å². The fourth-order valence-electron chi connectivity index (χ4n) is 1.11. The molecule has 0 saturated heterocycles. The lowest BCUT2D eigenvalue weighted by molar-refractivity contribution is 0.147. The zero-order valence-corrected chi connectivity index (χ0v) is 7.54. The smallest absolute Gasteiger partial charge is 0.282 e. The van der Waals surface area contributed by atoms with Crippen LogP contribution >= 0.6 is 0 Å². The van der Waals surface area contributed by atoms with Crippen LogP contribution < -0.4 is 5.73 Å². The van der Waals surface area contributed by atoms with Crippen molar-refractivity contribution in [1.82, 2.24) is 4.98 Å². The third-order valence-electron chi connectivity index (χ3n) is 1.81. The standard InChI is InChI=1S/C9H6F2N4/c10-9(11)8-7(14)6(3-13)5(1-2-12)4-15-8/h4,9H,1,14H2. The van der Waals surface area contributed by atoms with Crippen LogP contribution in [0.4, 0.5) is 14.5 Å². The van der Waals surface area contributed by atoms with Crippen molar-refractivity contribution >= 4 is 5.69 Å². The van der Waals surface area contributed by atoms with Crippen molar-refractivity contribution in [3.63, 3.8) is 0 Å². The zero-order chi connectivity index (χ0) is 11.4. The summed E-state index contributed by atoms with van der Waals surface area (Å²) in [7, 11) is 0. The molecule has 0 aromatic carbocycles. The van der Waals surface area contributed by atoms with E-state index in [1.807, 2.05) is 0 Å². The van der Waals surface area contributed by atoms with E-state index in [2.05, 4.69) is 4.98 Å². The fraction of sp³-hybridized carbons (Fsp3) is 0.222. The number of hydrogen-bond donors (Lipinski definition) is 1. The average Bonchev–Trinajstić information content (AvgIpc) is 2.18. The number of nitriles is 2. The summed E-state index contributed by atoms with van der Waals surface area (Å²) in [6.45, 7) is 0. The van der Waals surface area contributed by atoms with E-state index in [0.717, 1.165) is 6.20 Å². The van der Waals surface area contributed by atoms with Crippen LogP contribution in [0.3, 0.4) is 0 Å². The van der Waals surface area contributed by atoms with Gasteiger partial charge in [0.2, 0.25) is 0 Å². The normalized spacial score (nSPS) is 9.67. The van der Waals surface area contributed by atoms with Crippen molar-refractivity contribution in [2.45, 2.75) is 12.8 Å². The molecule has 1 heterocycles. The van der Waals surface area contributed by atoms with Crippen LogP contribution in [0.2, 0.25) is 0 Å². The number of rotatable bonds is 2. The van der Waals surface area contributed by atoms with Crippen LogP contribution in [0.5, 0.6) is 0 Å². The molecular weight excluding hydrogens is 202 g/mol. The molecule has 0 aliphatic rings. The number of nitrogens with two attached hydrogens (primary N) is 1. The second-order valence-electron chi connectivity index (χ2n) is 2.70. The van der Waals surface area contributed by atoms with Crippen LogP contribution in [-0.2, 0) is 6.42 Å². The van der Waals surface area contributed by atoms with Crippen LogP contribution in [0.1, 0.15) is 23.2 Å². The molecule has 1 rings (SSSR count). The molecule has 0 aliphatic heterocycles. The Hall–Kier alpha value is -2.21. The maximum absolute atomic E-state index is 12.3. The van der Waals surface area contributed by atoms with Gasteiger partial charge in [0.25, 0.3) is 6.43 Å². The predicted molar refractivity (Wildman–Crippen MR) is 47.6 cm³/mol. The van der Waals surface area contributed by atoms with Gasteiger partial charge in [0.1, 0.15) is 11.8 Å². The van der Waals surface area contributed by atoms with E-state index >= 15 is 0 Å². The highest BCUT2D eigenvalue weighted by molar-refractivity contribution is 5.60. The number of hydrogen-bond acceptors (Lipinski definition) is 4. The molecule has 15 heavy (non-hydrogen) atoms. The van der Waals surface area contributed by atoms with Gasteiger partial charge in [-0.25, -0.2) is 8.78 Å². The first kappa shape index (κ1) is 10.9. The summed E-state index contributed by atoms with van der Waals surface area (Å²) < 4.78 is 24.7. The van der Waals surface area contributed by atoms with E-state index in [4.69, 9.17) is 16.3 Å².